The lowest BCUT2D eigenvalue weighted by molar-refractivity contribution is -0.130. The van der Waals surface area contributed by atoms with Crippen LogP contribution in [0.15, 0.2) is 17.6 Å². The molecule has 1 aromatic heterocycles. The van der Waals surface area contributed by atoms with Crippen molar-refractivity contribution in [3.8, 4) is 0 Å². The monoisotopic (exact) mass is 282 g/mol. The van der Waals surface area contributed by atoms with Crippen LogP contribution >= 0.6 is 11.8 Å². The van der Waals surface area contributed by atoms with Gasteiger partial charge in [-0.15, -0.1) is 0 Å². The molecule has 0 unspecified atom stereocenters. The zero-order valence-corrected chi connectivity index (χ0v) is 12.2. The van der Waals surface area contributed by atoms with Crippen LogP contribution in [0.4, 0.5) is 4.79 Å². The first-order valence-corrected chi connectivity index (χ1v) is 7.22. The van der Waals surface area contributed by atoms with Crippen LogP contribution in [-0.4, -0.2) is 44.2 Å². The summed E-state index contributed by atoms with van der Waals surface area (Å²) in [5, 5.41) is 3.58. The van der Waals surface area contributed by atoms with Crippen LogP contribution in [0, 0.1) is 0 Å². The molecule has 3 amide bonds. The molecule has 0 aromatic carbocycles. The van der Waals surface area contributed by atoms with E-state index in [0.717, 1.165) is 11.7 Å². The van der Waals surface area contributed by atoms with Gasteiger partial charge in [-0.1, -0.05) is 11.8 Å². The summed E-state index contributed by atoms with van der Waals surface area (Å²) in [6, 6.07) is -0.311. The van der Waals surface area contributed by atoms with Gasteiger partial charge in [0.2, 0.25) is 0 Å². The van der Waals surface area contributed by atoms with E-state index >= 15 is 0 Å². The highest BCUT2D eigenvalue weighted by molar-refractivity contribution is 7.99. The van der Waals surface area contributed by atoms with Gasteiger partial charge in [-0.2, -0.15) is 0 Å². The van der Waals surface area contributed by atoms with E-state index in [2.05, 4.69) is 10.3 Å². The third kappa shape index (κ3) is 2.75. The summed E-state index contributed by atoms with van der Waals surface area (Å²) < 4.78 is 2.03. The fourth-order valence-corrected chi connectivity index (χ4v) is 2.87. The lowest BCUT2D eigenvalue weighted by Crippen LogP contribution is -2.40. The summed E-state index contributed by atoms with van der Waals surface area (Å²) in [5.74, 6) is 0.476. The number of nitrogens with one attached hydrogen (secondary N) is 1. The number of rotatable bonds is 5. The Balaban J connectivity index is 1.90. The van der Waals surface area contributed by atoms with E-state index in [9.17, 15) is 9.59 Å². The topological polar surface area (TPSA) is 67.2 Å². The fourth-order valence-electron chi connectivity index (χ4n) is 1.93. The quantitative estimate of drug-likeness (QED) is 0.653. The third-order valence-corrected chi connectivity index (χ3v) is 3.99. The Hall–Kier alpha value is -1.50. The Labute approximate surface area is 116 Å². The van der Waals surface area contributed by atoms with E-state index in [1.807, 2.05) is 17.7 Å². The van der Waals surface area contributed by atoms with Crippen molar-refractivity contribution < 1.29 is 9.59 Å². The molecule has 6 nitrogen and oxygen atoms in total. The predicted molar refractivity (Wildman–Crippen MR) is 72.9 cm³/mol. The number of aromatic nitrogens is 2. The van der Waals surface area contributed by atoms with Gasteiger partial charge in [-0.25, -0.2) is 9.78 Å². The molecule has 1 aliphatic rings. The summed E-state index contributed by atoms with van der Waals surface area (Å²) in [6.07, 6.45) is 3.67. The summed E-state index contributed by atoms with van der Waals surface area (Å²) in [5.41, 5.74) is -0.788. The second kappa shape index (κ2) is 5.24. The Morgan fingerprint density at radius 1 is 1.42 bits per heavy atom. The first kappa shape index (κ1) is 13.9. The summed E-state index contributed by atoms with van der Waals surface area (Å²) in [7, 11) is 0. The molecule has 7 heteroatoms. The van der Waals surface area contributed by atoms with Gasteiger partial charge in [0.1, 0.15) is 5.54 Å². The molecule has 1 fully saturated rings. The molecule has 0 bridgehead atoms. The molecule has 1 aliphatic heterocycles. The van der Waals surface area contributed by atoms with Gasteiger partial charge in [0, 0.05) is 31.2 Å². The predicted octanol–water partition coefficient (Wildman–Crippen LogP) is 1.33. The lowest BCUT2D eigenvalue weighted by Gasteiger charge is -2.15. The SMILES string of the molecule is CCn1ccnc1SCCN1C(=O)NC(C)(C)C1=O. The van der Waals surface area contributed by atoms with Gasteiger partial charge in [0.25, 0.3) is 5.91 Å². The zero-order chi connectivity index (χ0) is 14.0. The molecule has 0 aliphatic carbocycles. The highest BCUT2D eigenvalue weighted by atomic mass is 32.2. The maximum atomic E-state index is 12.0. The molecule has 0 spiro atoms. The summed E-state index contributed by atoms with van der Waals surface area (Å²) >= 11 is 1.55. The molecule has 1 saturated heterocycles. The molecule has 0 saturated carbocycles. The van der Waals surface area contributed by atoms with Crippen molar-refractivity contribution >= 4 is 23.7 Å². The first-order chi connectivity index (χ1) is 8.95. The first-order valence-electron chi connectivity index (χ1n) is 6.23. The van der Waals surface area contributed by atoms with Gasteiger partial charge in [0.15, 0.2) is 5.16 Å². The molecule has 0 atom stereocenters. The molecule has 1 aromatic rings. The number of carbonyl (C=O) groups excluding carboxylic acids is 2. The smallest absolute Gasteiger partial charge is 0.325 e. The molecule has 104 valence electrons. The van der Waals surface area contributed by atoms with Crippen LogP contribution in [0.5, 0.6) is 0 Å². The van der Waals surface area contributed by atoms with Crippen molar-refractivity contribution in [3.63, 3.8) is 0 Å². The minimum absolute atomic E-state index is 0.170. The minimum atomic E-state index is -0.788. The average Bonchev–Trinajstić information content (AvgIpc) is 2.86. The molecule has 19 heavy (non-hydrogen) atoms. The number of nitrogens with zero attached hydrogens (tertiary/aromatic N) is 3. The van der Waals surface area contributed by atoms with E-state index < -0.39 is 5.54 Å². The Morgan fingerprint density at radius 3 is 2.74 bits per heavy atom. The highest BCUT2D eigenvalue weighted by Gasteiger charge is 2.43. The average molecular weight is 282 g/mol. The van der Waals surface area contributed by atoms with Gasteiger partial charge < -0.3 is 9.88 Å². The molecule has 2 heterocycles. The third-order valence-electron chi connectivity index (χ3n) is 3.01. The fraction of sp³-hybridized carbons (Fsp3) is 0.583. The van der Waals surface area contributed by atoms with Crippen molar-refractivity contribution in [1.82, 2.24) is 19.8 Å². The van der Waals surface area contributed by atoms with E-state index in [4.69, 9.17) is 0 Å². The number of aryl methyl sites for hydroxylation is 1. The van der Waals surface area contributed by atoms with Crippen molar-refractivity contribution in [1.29, 1.82) is 0 Å². The Bertz CT molecular complexity index is 498. The number of carbonyl (C=O) groups is 2. The van der Waals surface area contributed by atoms with Crippen molar-refractivity contribution in [2.24, 2.45) is 0 Å². The van der Waals surface area contributed by atoms with Gasteiger partial charge in [-0.05, 0) is 20.8 Å². The zero-order valence-electron chi connectivity index (χ0n) is 11.3. The van der Waals surface area contributed by atoms with E-state index in [-0.39, 0.29) is 11.9 Å². The number of imide groups is 1. The Kier molecular flexibility index (Phi) is 3.84. The van der Waals surface area contributed by atoms with Crippen molar-refractivity contribution in [2.75, 3.05) is 12.3 Å². The van der Waals surface area contributed by atoms with Crippen LogP contribution in [0.25, 0.3) is 0 Å². The lowest BCUT2D eigenvalue weighted by atomic mass is 10.1. The molecule has 0 radical (unpaired) electrons. The molecular formula is C12H18N4O2S. The van der Waals surface area contributed by atoms with Crippen LogP contribution in [0.2, 0.25) is 0 Å². The van der Waals surface area contributed by atoms with Crippen molar-refractivity contribution in [2.45, 2.75) is 38.0 Å². The van der Waals surface area contributed by atoms with E-state index in [0.29, 0.717) is 12.3 Å². The minimum Gasteiger partial charge on any atom is -0.326 e. The number of hydrogen-bond acceptors (Lipinski definition) is 4. The standard InChI is InChI=1S/C12H18N4O2S/c1-4-15-6-5-13-11(15)19-8-7-16-9(17)12(2,3)14-10(16)18/h5-6H,4,7-8H2,1-3H3,(H,14,18). The number of amides is 3. The number of urea groups is 1. The molecule has 2 rings (SSSR count). The van der Waals surface area contributed by atoms with E-state index in [1.54, 1.807) is 31.8 Å². The normalized spacial score (nSPS) is 17.9. The summed E-state index contributed by atoms with van der Waals surface area (Å²) in [4.78, 5) is 29.2. The number of imidazole rings is 1. The van der Waals surface area contributed by atoms with Crippen LogP contribution in [0.1, 0.15) is 20.8 Å². The number of hydrogen-bond donors (Lipinski definition) is 1. The molecular weight excluding hydrogens is 264 g/mol. The maximum absolute atomic E-state index is 12.0. The largest absolute Gasteiger partial charge is 0.326 e. The maximum Gasteiger partial charge on any atom is 0.325 e. The number of thioether (sulfide) groups is 1. The van der Waals surface area contributed by atoms with Crippen LogP contribution in [0.3, 0.4) is 0 Å². The summed E-state index contributed by atoms with van der Waals surface area (Å²) in [6.45, 7) is 6.73. The van der Waals surface area contributed by atoms with Gasteiger partial charge >= 0.3 is 6.03 Å². The van der Waals surface area contributed by atoms with Crippen molar-refractivity contribution in [3.05, 3.63) is 12.4 Å². The Morgan fingerprint density at radius 2 is 2.16 bits per heavy atom. The molecule has 1 N–H and O–H groups in total. The second-order valence-electron chi connectivity index (χ2n) is 4.86. The van der Waals surface area contributed by atoms with E-state index in [1.165, 1.54) is 4.90 Å². The second-order valence-corrected chi connectivity index (χ2v) is 5.92. The highest BCUT2D eigenvalue weighted by Crippen LogP contribution is 2.19. The van der Waals surface area contributed by atoms with Crippen LogP contribution in [-0.2, 0) is 11.3 Å². The van der Waals surface area contributed by atoms with Crippen LogP contribution < -0.4 is 5.32 Å². The van der Waals surface area contributed by atoms with Gasteiger partial charge in [-0.3, -0.25) is 9.69 Å². The van der Waals surface area contributed by atoms with Gasteiger partial charge in [0.05, 0.1) is 0 Å².